The van der Waals surface area contributed by atoms with E-state index in [0.29, 0.717) is 50.9 Å². The van der Waals surface area contributed by atoms with Crippen LogP contribution in [0.5, 0.6) is 5.75 Å². The monoisotopic (exact) mass is 568 g/mol. The number of ether oxygens (including phenoxy) is 2. The van der Waals surface area contributed by atoms with Crippen LogP contribution in [0.1, 0.15) is 30.8 Å². The minimum atomic E-state index is 0. The summed E-state index contributed by atoms with van der Waals surface area (Å²) in [5.74, 6) is 3.56. The highest BCUT2D eigenvalue weighted by molar-refractivity contribution is 14.0. The zero-order valence-corrected chi connectivity index (χ0v) is 21.7. The molecule has 0 atom stereocenters. The number of aliphatic imine (C=N–C) groups is 1. The molecule has 3 N–H and O–H groups in total. The summed E-state index contributed by atoms with van der Waals surface area (Å²) < 4.78 is 16.6. The van der Waals surface area contributed by atoms with Gasteiger partial charge in [-0.2, -0.15) is 5.10 Å². The third-order valence-electron chi connectivity index (χ3n) is 4.59. The largest absolute Gasteiger partial charge is 0.491 e. The van der Waals surface area contributed by atoms with E-state index in [1.165, 1.54) is 0 Å². The van der Waals surface area contributed by atoms with Crippen molar-refractivity contribution in [1.82, 2.24) is 25.8 Å². The summed E-state index contributed by atoms with van der Waals surface area (Å²) in [5.41, 5.74) is 2.18. The molecule has 9 nitrogen and oxygen atoms in total. The molecule has 2 aromatic heterocycles. The van der Waals surface area contributed by atoms with Gasteiger partial charge in [0.05, 0.1) is 19.4 Å². The number of nitrogens with one attached hydrogen (secondary N) is 3. The average molecular weight is 568 g/mol. The first-order valence-corrected chi connectivity index (χ1v) is 11.0. The van der Waals surface area contributed by atoms with E-state index in [0.717, 1.165) is 35.2 Å². The lowest BCUT2D eigenvalue weighted by atomic mass is 10.1. The molecule has 2 heterocycles. The smallest absolute Gasteiger partial charge is 0.216 e. The SMILES string of the molecule is CCNC(=NCc1ccc(C)cc1OCCOCC)NCCc1nc(-c2ccco2)n[nH]1.I. The molecule has 0 fully saturated rings. The Balaban J connectivity index is 0.00000385. The Kier molecular flexibility index (Phi) is 11.7. The van der Waals surface area contributed by atoms with Gasteiger partial charge < -0.3 is 24.5 Å². The highest BCUT2D eigenvalue weighted by atomic mass is 127. The number of hydrogen-bond acceptors (Lipinski definition) is 6. The van der Waals surface area contributed by atoms with Gasteiger partial charge in [-0.25, -0.2) is 9.98 Å². The predicted octanol–water partition coefficient (Wildman–Crippen LogP) is 3.70. The fraction of sp³-hybridized carbons (Fsp3) is 0.435. The third-order valence-corrected chi connectivity index (χ3v) is 4.59. The molecule has 0 aliphatic heterocycles. The molecule has 0 saturated heterocycles. The maximum Gasteiger partial charge on any atom is 0.216 e. The van der Waals surface area contributed by atoms with Crippen LogP contribution in [0.25, 0.3) is 11.6 Å². The van der Waals surface area contributed by atoms with E-state index in [1.54, 1.807) is 6.26 Å². The second-order valence-corrected chi connectivity index (χ2v) is 7.11. The zero-order valence-electron chi connectivity index (χ0n) is 19.4. The van der Waals surface area contributed by atoms with Crippen molar-refractivity contribution in [2.75, 3.05) is 32.9 Å². The summed E-state index contributed by atoms with van der Waals surface area (Å²) in [6.07, 6.45) is 2.28. The van der Waals surface area contributed by atoms with Crippen LogP contribution in [0.15, 0.2) is 46.0 Å². The molecule has 10 heteroatoms. The van der Waals surface area contributed by atoms with E-state index in [1.807, 2.05) is 32.0 Å². The summed E-state index contributed by atoms with van der Waals surface area (Å²) in [6.45, 7) is 9.76. The molecule has 33 heavy (non-hydrogen) atoms. The van der Waals surface area contributed by atoms with Gasteiger partial charge in [-0.3, -0.25) is 5.10 Å². The van der Waals surface area contributed by atoms with Crippen molar-refractivity contribution < 1.29 is 13.9 Å². The molecule has 3 aromatic rings. The Bertz CT molecular complexity index is 974. The Hall–Kier alpha value is -2.60. The number of aromatic amines is 1. The van der Waals surface area contributed by atoms with Crippen LogP contribution in [0.4, 0.5) is 0 Å². The topological polar surface area (TPSA) is 110 Å². The van der Waals surface area contributed by atoms with Crippen LogP contribution in [0.3, 0.4) is 0 Å². The molecular weight excluding hydrogens is 535 g/mol. The summed E-state index contributed by atoms with van der Waals surface area (Å²) in [7, 11) is 0. The van der Waals surface area contributed by atoms with Crippen molar-refractivity contribution in [3.8, 4) is 17.3 Å². The first-order chi connectivity index (χ1) is 15.7. The van der Waals surface area contributed by atoms with Crippen LogP contribution < -0.4 is 15.4 Å². The lowest BCUT2D eigenvalue weighted by Crippen LogP contribution is -2.38. The summed E-state index contributed by atoms with van der Waals surface area (Å²) >= 11 is 0. The van der Waals surface area contributed by atoms with E-state index < -0.39 is 0 Å². The quantitative estimate of drug-likeness (QED) is 0.132. The first kappa shape index (κ1) is 26.7. The number of aromatic nitrogens is 3. The van der Waals surface area contributed by atoms with Crippen LogP contribution in [0.2, 0.25) is 0 Å². The number of rotatable bonds is 12. The molecule has 0 saturated carbocycles. The Morgan fingerprint density at radius 2 is 2.06 bits per heavy atom. The number of guanidine groups is 1. The molecule has 0 bridgehead atoms. The van der Waals surface area contributed by atoms with Gasteiger partial charge in [-0.15, -0.1) is 24.0 Å². The number of aryl methyl sites for hydroxylation is 1. The Labute approximate surface area is 211 Å². The van der Waals surface area contributed by atoms with Crippen LogP contribution in [-0.4, -0.2) is 54.1 Å². The molecule has 180 valence electrons. The third kappa shape index (κ3) is 8.69. The van der Waals surface area contributed by atoms with E-state index >= 15 is 0 Å². The van der Waals surface area contributed by atoms with Crippen molar-refractivity contribution in [2.24, 2.45) is 4.99 Å². The van der Waals surface area contributed by atoms with Crippen LogP contribution >= 0.6 is 24.0 Å². The number of H-pyrrole nitrogens is 1. The lowest BCUT2D eigenvalue weighted by Gasteiger charge is -2.13. The number of halogens is 1. The summed E-state index contributed by atoms with van der Waals surface area (Å²) in [4.78, 5) is 9.18. The standard InChI is InChI=1S/C23H32N6O3.HI/c1-4-24-23(25-11-10-21-27-22(29-28-21)19-7-6-12-31-19)26-16-18-9-8-17(3)15-20(18)32-14-13-30-5-2;/h6-9,12,15H,4-5,10-11,13-14,16H2,1-3H3,(H2,24,25,26)(H,27,28,29);1H. The second-order valence-electron chi connectivity index (χ2n) is 7.11. The minimum absolute atomic E-state index is 0. The Morgan fingerprint density at radius 1 is 1.18 bits per heavy atom. The lowest BCUT2D eigenvalue weighted by molar-refractivity contribution is 0.110. The predicted molar refractivity (Wildman–Crippen MR) is 139 cm³/mol. The molecule has 3 rings (SSSR count). The molecular formula is C23H33IN6O3. The minimum Gasteiger partial charge on any atom is -0.491 e. The number of benzene rings is 1. The van der Waals surface area contributed by atoms with Crippen molar-refractivity contribution in [2.45, 2.75) is 33.7 Å². The normalized spacial score (nSPS) is 11.2. The van der Waals surface area contributed by atoms with E-state index in [4.69, 9.17) is 18.9 Å². The van der Waals surface area contributed by atoms with E-state index in [2.05, 4.69) is 44.9 Å². The van der Waals surface area contributed by atoms with E-state index in [-0.39, 0.29) is 24.0 Å². The molecule has 0 radical (unpaired) electrons. The van der Waals surface area contributed by atoms with Crippen LogP contribution in [0, 0.1) is 6.92 Å². The van der Waals surface area contributed by atoms with Crippen LogP contribution in [-0.2, 0) is 17.7 Å². The van der Waals surface area contributed by atoms with Crippen molar-refractivity contribution in [3.63, 3.8) is 0 Å². The molecule has 0 amide bonds. The average Bonchev–Trinajstić information content (AvgIpc) is 3.48. The highest BCUT2D eigenvalue weighted by Gasteiger charge is 2.09. The molecule has 0 unspecified atom stereocenters. The molecule has 0 aliphatic carbocycles. The van der Waals surface area contributed by atoms with Gasteiger partial charge in [0.15, 0.2) is 11.7 Å². The van der Waals surface area contributed by atoms with Gasteiger partial charge in [0.25, 0.3) is 0 Å². The number of nitrogens with zero attached hydrogens (tertiary/aromatic N) is 3. The zero-order chi connectivity index (χ0) is 22.6. The van der Waals surface area contributed by atoms with Crippen molar-refractivity contribution in [3.05, 3.63) is 53.5 Å². The second kappa shape index (κ2) is 14.5. The fourth-order valence-corrected chi connectivity index (χ4v) is 3.01. The fourth-order valence-electron chi connectivity index (χ4n) is 3.01. The highest BCUT2D eigenvalue weighted by Crippen LogP contribution is 2.21. The summed E-state index contributed by atoms with van der Waals surface area (Å²) in [5, 5.41) is 13.8. The maximum absolute atomic E-state index is 5.92. The van der Waals surface area contributed by atoms with Crippen molar-refractivity contribution in [1.29, 1.82) is 0 Å². The number of hydrogen-bond donors (Lipinski definition) is 3. The molecule has 1 aromatic carbocycles. The van der Waals surface area contributed by atoms with Gasteiger partial charge in [-0.1, -0.05) is 12.1 Å². The van der Waals surface area contributed by atoms with Gasteiger partial charge in [0.2, 0.25) is 5.82 Å². The van der Waals surface area contributed by atoms with Crippen molar-refractivity contribution >= 4 is 29.9 Å². The molecule has 0 spiro atoms. The number of furan rings is 1. The Morgan fingerprint density at radius 3 is 2.82 bits per heavy atom. The first-order valence-electron chi connectivity index (χ1n) is 11.0. The van der Waals surface area contributed by atoms with Gasteiger partial charge in [0, 0.05) is 31.7 Å². The van der Waals surface area contributed by atoms with Gasteiger partial charge in [0.1, 0.15) is 18.2 Å². The van der Waals surface area contributed by atoms with Gasteiger partial charge in [-0.05, 0) is 44.5 Å². The maximum atomic E-state index is 5.92. The summed E-state index contributed by atoms with van der Waals surface area (Å²) in [6, 6.07) is 9.82. The van der Waals surface area contributed by atoms with E-state index in [9.17, 15) is 0 Å². The molecule has 0 aliphatic rings. The van der Waals surface area contributed by atoms with Gasteiger partial charge >= 0.3 is 0 Å².